The molecule has 174 valence electrons. The van der Waals surface area contributed by atoms with Gasteiger partial charge in [0, 0.05) is 29.5 Å². The fourth-order valence-electron chi connectivity index (χ4n) is 3.64. The highest BCUT2D eigenvalue weighted by molar-refractivity contribution is 7.87. The van der Waals surface area contributed by atoms with Crippen LogP contribution in [0.5, 0.6) is 5.75 Å². The number of halogens is 1. The summed E-state index contributed by atoms with van der Waals surface area (Å²) in [6.07, 6.45) is 3.94. The van der Waals surface area contributed by atoms with E-state index in [1.54, 1.807) is 0 Å². The maximum absolute atomic E-state index is 13.9. The summed E-state index contributed by atoms with van der Waals surface area (Å²) >= 11 is 0. The Balaban J connectivity index is 1.61. The van der Waals surface area contributed by atoms with Gasteiger partial charge in [0.2, 0.25) is 0 Å². The van der Waals surface area contributed by atoms with E-state index in [0.717, 1.165) is 33.7 Å². The molecular formula is C23H26FN5O3S. The number of rotatable bonds is 8. The van der Waals surface area contributed by atoms with E-state index >= 15 is 0 Å². The number of benzene rings is 2. The summed E-state index contributed by atoms with van der Waals surface area (Å²) in [5.41, 5.74) is 3.13. The topological polar surface area (TPSA) is 109 Å². The van der Waals surface area contributed by atoms with E-state index in [9.17, 15) is 9.18 Å². The van der Waals surface area contributed by atoms with Gasteiger partial charge in [0.05, 0.1) is 23.5 Å². The molecule has 0 bridgehead atoms. The van der Waals surface area contributed by atoms with Gasteiger partial charge in [0.15, 0.2) is 6.61 Å². The Morgan fingerprint density at radius 2 is 2.06 bits per heavy atom. The van der Waals surface area contributed by atoms with Crippen LogP contribution in [-0.2, 0) is 15.5 Å². The van der Waals surface area contributed by atoms with Crippen molar-refractivity contribution in [2.45, 2.75) is 19.8 Å². The smallest absolute Gasteiger partial charge is 0.258 e. The number of hydrogen-bond donors (Lipinski definition) is 3. The number of carbonyl (C=O) groups is 1. The van der Waals surface area contributed by atoms with Gasteiger partial charge in [-0.15, -0.1) is 0 Å². The predicted octanol–water partition coefficient (Wildman–Crippen LogP) is 3.54. The number of carbonyl (C=O) groups excluding carboxylic acids is 1. The van der Waals surface area contributed by atoms with Crippen molar-refractivity contribution in [3.63, 3.8) is 0 Å². The van der Waals surface area contributed by atoms with E-state index in [0.29, 0.717) is 11.5 Å². The summed E-state index contributed by atoms with van der Waals surface area (Å²) in [4.78, 5) is 20.6. The molecule has 1 amide bonds. The molecule has 0 unspecified atom stereocenters. The first-order valence-electron chi connectivity index (χ1n) is 10.7. The van der Waals surface area contributed by atoms with Crippen LogP contribution in [0.3, 0.4) is 0 Å². The summed E-state index contributed by atoms with van der Waals surface area (Å²) in [5.74, 6) is 2.12. The summed E-state index contributed by atoms with van der Waals surface area (Å²) < 4.78 is 24.3. The van der Waals surface area contributed by atoms with Crippen molar-refractivity contribution in [3.05, 3.63) is 48.0 Å². The zero-order valence-corrected chi connectivity index (χ0v) is 19.1. The van der Waals surface area contributed by atoms with Gasteiger partial charge in [-0.2, -0.15) is 0 Å². The van der Waals surface area contributed by atoms with Crippen LogP contribution >= 0.6 is 0 Å². The number of aromatic nitrogens is 2. The summed E-state index contributed by atoms with van der Waals surface area (Å²) in [6, 6.07) is 8.04. The first-order chi connectivity index (χ1) is 16.0. The third kappa shape index (κ3) is 5.82. The highest BCUT2D eigenvalue weighted by Crippen LogP contribution is 2.34. The van der Waals surface area contributed by atoms with E-state index in [4.69, 9.17) is 14.2 Å². The summed E-state index contributed by atoms with van der Waals surface area (Å²) in [5, 5.41) is 15.3. The van der Waals surface area contributed by atoms with Gasteiger partial charge in [-0.1, -0.05) is 10.7 Å². The van der Waals surface area contributed by atoms with E-state index in [1.165, 1.54) is 37.4 Å². The number of aliphatic hydroxyl groups is 1. The van der Waals surface area contributed by atoms with Crippen LogP contribution in [0.25, 0.3) is 10.9 Å². The fraction of sp³-hybridized carbons (Fsp3) is 0.348. The molecular weight excluding hydrogens is 445 g/mol. The van der Waals surface area contributed by atoms with Gasteiger partial charge in [0.1, 0.15) is 23.7 Å². The molecule has 0 radical (unpaired) electrons. The Kier molecular flexibility index (Phi) is 7.46. The lowest BCUT2D eigenvalue weighted by molar-refractivity contribution is -0.123. The predicted molar refractivity (Wildman–Crippen MR) is 128 cm³/mol. The molecule has 1 fully saturated rings. The van der Waals surface area contributed by atoms with E-state index in [2.05, 4.69) is 20.6 Å². The Labute approximate surface area is 193 Å². The molecule has 1 aromatic heterocycles. The Bertz CT molecular complexity index is 1200. The van der Waals surface area contributed by atoms with Gasteiger partial charge in [-0.05, 0) is 49.6 Å². The molecule has 0 aliphatic carbocycles. The second-order valence-corrected chi connectivity index (χ2v) is 9.60. The van der Waals surface area contributed by atoms with Crippen molar-refractivity contribution >= 4 is 44.7 Å². The quantitative estimate of drug-likeness (QED) is 0.464. The Morgan fingerprint density at radius 3 is 2.85 bits per heavy atom. The number of aryl methyl sites for hydroxylation is 1. The number of aliphatic hydroxyl groups excluding tert-OH is 1. The van der Waals surface area contributed by atoms with Gasteiger partial charge in [-0.25, -0.2) is 18.7 Å². The number of ether oxygens (including phenoxy) is 1. The van der Waals surface area contributed by atoms with Gasteiger partial charge < -0.3 is 20.5 Å². The van der Waals surface area contributed by atoms with Crippen molar-refractivity contribution < 1.29 is 19.0 Å². The number of amides is 1. The third-order valence-corrected chi connectivity index (χ3v) is 7.14. The van der Waals surface area contributed by atoms with Crippen LogP contribution in [-0.4, -0.2) is 52.2 Å². The zero-order chi connectivity index (χ0) is 23.2. The lowest BCUT2D eigenvalue weighted by Gasteiger charge is -2.15. The molecule has 1 aliphatic heterocycles. The SMILES string of the molecule is Cc1cc(N=S2CCCC2)cc2ncnc(Nc3ccc(F)cc3OCC(=O)NCCO)c12. The Hall–Kier alpha value is -3.11. The molecule has 2 heterocycles. The number of fused-ring (bicyclic) bond motifs is 1. The van der Waals surface area contributed by atoms with Crippen molar-refractivity contribution in [1.29, 1.82) is 0 Å². The number of anilines is 2. The number of nitrogens with one attached hydrogen (secondary N) is 2. The standard InChI is InChI=1S/C23H26FN5O3S/c1-15-10-17(29-33-8-2-3-9-33)12-19-22(15)23(27-14-26-19)28-18-5-4-16(24)11-20(18)32-13-21(31)25-6-7-30/h4-5,10-12,14,30H,2-3,6-9,13H2,1H3,(H,25,31)(H,26,27,28). The average Bonchev–Trinajstić information content (AvgIpc) is 3.30. The highest BCUT2D eigenvalue weighted by atomic mass is 32.2. The molecule has 8 nitrogen and oxygen atoms in total. The molecule has 1 saturated heterocycles. The third-order valence-electron chi connectivity index (χ3n) is 5.15. The van der Waals surface area contributed by atoms with Crippen LogP contribution in [0.1, 0.15) is 18.4 Å². The molecule has 0 spiro atoms. The molecule has 0 saturated carbocycles. The summed E-state index contributed by atoms with van der Waals surface area (Å²) in [6.45, 7) is 1.63. The van der Waals surface area contributed by atoms with Crippen molar-refractivity contribution in [3.8, 4) is 5.75 Å². The molecule has 10 heteroatoms. The Morgan fingerprint density at radius 1 is 1.24 bits per heavy atom. The van der Waals surface area contributed by atoms with E-state index in [-0.39, 0.29) is 36.2 Å². The molecule has 2 aromatic carbocycles. The maximum Gasteiger partial charge on any atom is 0.258 e. The van der Waals surface area contributed by atoms with Crippen LogP contribution in [0, 0.1) is 12.7 Å². The van der Waals surface area contributed by atoms with Crippen LogP contribution in [0.2, 0.25) is 0 Å². The van der Waals surface area contributed by atoms with Crippen LogP contribution in [0.15, 0.2) is 41.0 Å². The first kappa shape index (κ1) is 23.1. The van der Waals surface area contributed by atoms with Crippen molar-refractivity contribution in [2.24, 2.45) is 4.36 Å². The van der Waals surface area contributed by atoms with Crippen LogP contribution < -0.4 is 15.4 Å². The number of hydrogen-bond acceptors (Lipinski definition) is 7. The molecule has 0 atom stereocenters. The average molecular weight is 472 g/mol. The normalized spacial score (nSPS) is 13.8. The minimum Gasteiger partial charge on any atom is -0.481 e. The first-order valence-corrected chi connectivity index (χ1v) is 12.3. The van der Waals surface area contributed by atoms with Crippen molar-refractivity contribution in [1.82, 2.24) is 15.3 Å². The van der Waals surface area contributed by atoms with E-state index < -0.39 is 11.7 Å². The molecule has 4 rings (SSSR count). The van der Waals surface area contributed by atoms with Crippen LogP contribution in [0.4, 0.5) is 21.6 Å². The maximum atomic E-state index is 13.9. The molecule has 1 aliphatic rings. The number of nitrogens with zero attached hydrogens (tertiary/aromatic N) is 3. The fourth-order valence-corrected chi connectivity index (χ4v) is 5.50. The highest BCUT2D eigenvalue weighted by Gasteiger charge is 2.14. The van der Waals surface area contributed by atoms with Crippen molar-refractivity contribution in [2.75, 3.05) is 36.6 Å². The van der Waals surface area contributed by atoms with Gasteiger partial charge >= 0.3 is 0 Å². The summed E-state index contributed by atoms with van der Waals surface area (Å²) in [7, 11) is 0.0870. The van der Waals surface area contributed by atoms with Gasteiger partial charge in [-0.3, -0.25) is 4.79 Å². The minimum atomic E-state index is -0.492. The zero-order valence-electron chi connectivity index (χ0n) is 18.3. The van der Waals surface area contributed by atoms with E-state index in [1.807, 2.05) is 19.1 Å². The lowest BCUT2D eigenvalue weighted by atomic mass is 10.1. The largest absolute Gasteiger partial charge is 0.481 e. The second kappa shape index (κ2) is 10.7. The molecule has 3 aromatic rings. The lowest BCUT2D eigenvalue weighted by Crippen LogP contribution is -2.31. The molecule has 33 heavy (non-hydrogen) atoms. The monoisotopic (exact) mass is 471 g/mol. The van der Waals surface area contributed by atoms with Gasteiger partial charge in [0.25, 0.3) is 5.91 Å². The minimum absolute atomic E-state index is 0.0870. The second-order valence-electron chi connectivity index (χ2n) is 7.68. The molecule has 3 N–H and O–H groups in total.